The van der Waals surface area contributed by atoms with Crippen LogP contribution in [-0.4, -0.2) is 19.6 Å². The Morgan fingerprint density at radius 3 is 2.00 bits per heavy atom. The first-order valence-electron chi connectivity index (χ1n) is 10.6. The Morgan fingerprint density at radius 2 is 1.41 bits per heavy atom. The van der Waals surface area contributed by atoms with Gasteiger partial charge in [-0.25, -0.2) is 0 Å². The van der Waals surface area contributed by atoms with Crippen molar-refractivity contribution in [2.75, 3.05) is 29.9 Å². The summed E-state index contributed by atoms with van der Waals surface area (Å²) < 4.78 is 0. The van der Waals surface area contributed by atoms with Crippen molar-refractivity contribution in [1.82, 2.24) is 0 Å². The van der Waals surface area contributed by atoms with Crippen LogP contribution in [0.1, 0.15) is 75.3 Å². The molecule has 0 fully saturated rings. The lowest BCUT2D eigenvalue weighted by atomic mass is 9.91. The first-order valence-corrected chi connectivity index (χ1v) is 10.6. The Kier molecular flexibility index (Phi) is 11.9. The fourth-order valence-corrected chi connectivity index (χ4v) is 4.44. The first kappa shape index (κ1) is 24.2. The quantitative estimate of drug-likeness (QED) is 0.312. The molecule has 3 rings (SSSR count). The number of nitrogens with zero attached hydrogens (tertiary/aromatic N) is 1. The van der Waals surface area contributed by atoms with Crippen LogP contribution in [0.2, 0.25) is 0 Å². The normalized spacial score (nSPS) is 14.6. The van der Waals surface area contributed by atoms with Crippen LogP contribution in [0, 0.1) is 0 Å². The molecule has 0 spiro atoms. The van der Waals surface area contributed by atoms with Crippen LogP contribution in [-0.2, 0) is 12.8 Å². The highest BCUT2D eigenvalue weighted by molar-refractivity contribution is 5.85. The molecule has 4 heteroatoms. The molecule has 0 saturated heterocycles. The monoisotopic (exact) mass is 412 g/mol. The van der Waals surface area contributed by atoms with Crippen LogP contribution < -0.4 is 10.2 Å². The van der Waals surface area contributed by atoms with Crippen molar-refractivity contribution in [2.45, 2.75) is 77.0 Å². The van der Waals surface area contributed by atoms with E-state index in [9.17, 15) is 0 Å². The highest BCUT2D eigenvalue weighted by Crippen LogP contribution is 2.37. The Labute approximate surface area is 179 Å². The molecule has 2 aliphatic rings. The largest absolute Gasteiger partial charge is 0.385 e. The second-order valence-electron chi connectivity index (χ2n) is 7.82. The molecule has 0 aromatic heterocycles. The number of halogens is 2. The van der Waals surface area contributed by atoms with Gasteiger partial charge in [0.1, 0.15) is 0 Å². The number of allylic oxidation sites excluding steroid dienone is 1. The molecule has 1 aromatic rings. The molecule has 0 amide bonds. The SMILES string of the molecule is C=CCCCCCCCCCNc1cc2c3c(c1)CCCN3CCC2.Cl.Cl. The second kappa shape index (κ2) is 13.3. The van der Waals surface area contributed by atoms with Crippen LogP contribution in [0.4, 0.5) is 11.4 Å². The van der Waals surface area contributed by atoms with Gasteiger partial charge in [-0.15, -0.1) is 31.4 Å². The molecule has 2 heterocycles. The van der Waals surface area contributed by atoms with Gasteiger partial charge in [0, 0.05) is 31.0 Å². The van der Waals surface area contributed by atoms with Crippen LogP contribution in [0.3, 0.4) is 0 Å². The molecule has 0 atom stereocenters. The third-order valence-corrected chi connectivity index (χ3v) is 5.75. The summed E-state index contributed by atoms with van der Waals surface area (Å²) in [5.74, 6) is 0. The van der Waals surface area contributed by atoms with E-state index in [4.69, 9.17) is 0 Å². The molecule has 2 aliphatic heterocycles. The van der Waals surface area contributed by atoms with Crippen LogP contribution in [0.5, 0.6) is 0 Å². The Balaban J connectivity index is 0.00000182. The van der Waals surface area contributed by atoms with Gasteiger partial charge in [0.2, 0.25) is 0 Å². The smallest absolute Gasteiger partial charge is 0.0432 e. The lowest BCUT2D eigenvalue weighted by Gasteiger charge is -2.37. The van der Waals surface area contributed by atoms with Crippen molar-refractivity contribution in [2.24, 2.45) is 0 Å². The Hall–Kier alpha value is -0.860. The summed E-state index contributed by atoms with van der Waals surface area (Å²) in [5, 5.41) is 3.70. The summed E-state index contributed by atoms with van der Waals surface area (Å²) in [4.78, 5) is 2.62. The van der Waals surface area contributed by atoms with Crippen LogP contribution in [0.25, 0.3) is 0 Å². The third-order valence-electron chi connectivity index (χ3n) is 5.75. The molecular formula is C23H38Cl2N2. The van der Waals surface area contributed by atoms with Gasteiger partial charge >= 0.3 is 0 Å². The standard InChI is InChI=1S/C23H36N2.2ClH/c1-2-3-4-5-6-7-8-9-10-15-24-22-18-20-13-11-16-25-17-12-14-21(19-22)23(20)25;;/h2,18-19,24H,1,3-17H2;2*1H. The van der Waals surface area contributed by atoms with Crippen molar-refractivity contribution in [3.05, 3.63) is 35.9 Å². The van der Waals surface area contributed by atoms with E-state index < -0.39 is 0 Å². The molecule has 0 radical (unpaired) electrons. The van der Waals surface area contributed by atoms with E-state index in [-0.39, 0.29) is 24.8 Å². The number of nitrogens with one attached hydrogen (secondary N) is 1. The van der Waals surface area contributed by atoms with Gasteiger partial charge in [-0.05, 0) is 68.2 Å². The predicted octanol–water partition coefficient (Wildman–Crippen LogP) is 6.95. The van der Waals surface area contributed by atoms with E-state index in [0.717, 1.165) is 6.54 Å². The molecule has 1 N–H and O–H groups in total. The van der Waals surface area contributed by atoms with Crippen molar-refractivity contribution < 1.29 is 0 Å². The zero-order valence-electron chi connectivity index (χ0n) is 16.8. The maximum Gasteiger partial charge on any atom is 0.0432 e. The van der Waals surface area contributed by atoms with E-state index in [1.54, 1.807) is 16.8 Å². The summed E-state index contributed by atoms with van der Waals surface area (Å²) in [6.07, 6.45) is 17.9. The van der Waals surface area contributed by atoms with Crippen LogP contribution in [0.15, 0.2) is 24.8 Å². The summed E-state index contributed by atoms with van der Waals surface area (Å²) in [6, 6.07) is 4.85. The van der Waals surface area contributed by atoms with Gasteiger partial charge in [-0.2, -0.15) is 0 Å². The zero-order chi connectivity index (χ0) is 17.3. The summed E-state index contributed by atoms with van der Waals surface area (Å²) in [7, 11) is 0. The molecule has 27 heavy (non-hydrogen) atoms. The van der Waals surface area contributed by atoms with Gasteiger partial charge < -0.3 is 10.2 Å². The minimum Gasteiger partial charge on any atom is -0.385 e. The second-order valence-corrected chi connectivity index (χ2v) is 7.82. The highest BCUT2D eigenvalue weighted by Gasteiger charge is 2.23. The highest BCUT2D eigenvalue weighted by atomic mass is 35.5. The Bertz CT molecular complexity index is 528. The topological polar surface area (TPSA) is 15.3 Å². The van der Waals surface area contributed by atoms with E-state index in [1.165, 1.54) is 95.8 Å². The Morgan fingerprint density at radius 1 is 0.852 bits per heavy atom. The molecule has 0 bridgehead atoms. The zero-order valence-corrected chi connectivity index (χ0v) is 18.4. The van der Waals surface area contributed by atoms with Gasteiger partial charge in [0.05, 0.1) is 0 Å². The maximum atomic E-state index is 3.79. The summed E-state index contributed by atoms with van der Waals surface area (Å²) >= 11 is 0. The number of benzene rings is 1. The lowest BCUT2D eigenvalue weighted by Crippen LogP contribution is -2.34. The molecule has 0 unspecified atom stereocenters. The number of anilines is 2. The van der Waals surface area contributed by atoms with Gasteiger partial charge in [-0.1, -0.05) is 38.2 Å². The average molecular weight is 413 g/mol. The predicted molar refractivity (Wildman–Crippen MR) is 125 cm³/mol. The van der Waals surface area contributed by atoms with E-state index in [2.05, 4.69) is 28.9 Å². The number of hydrogen-bond donors (Lipinski definition) is 1. The third kappa shape index (κ3) is 7.23. The summed E-state index contributed by atoms with van der Waals surface area (Å²) in [5.41, 5.74) is 6.12. The molecular weight excluding hydrogens is 375 g/mol. The van der Waals surface area contributed by atoms with Gasteiger partial charge in [-0.3, -0.25) is 0 Å². The van der Waals surface area contributed by atoms with E-state index in [0.29, 0.717) is 0 Å². The first-order chi connectivity index (χ1) is 12.4. The van der Waals surface area contributed by atoms with E-state index >= 15 is 0 Å². The minimum atomic E-state index is 0. The van der Waals surface area contributed by atoms with Gasteiger partial charge in [0.25, 0.3) is 0 Å². The molecule has 1 aromatic carbocycles. The van der Waals surface area contributed by atoms with Crippen LogP contribution >= 0.6 is 24.8 Å². The lowest BCUT2D eigenvalue weighted by molar-refractivity contribution is 0.587. The van der Waals surface area contributed by atoms with Crippen molar-refractivity contribution in [3.63, 3.8) is 0 Å². The fraction of sp³-hybridized carbons (Fsp3) is 0.652. The minimum absolute atomic E-state index is 0. The van der Waals surface area contributed by atoms with Gasteiger partial charge in [0.15, 0.2) is 0 Å². The maximum absolute atomic E-state index is 3.79. The number of aryl methyl sites for hydroxylation is 2. The van der Waals surface area contributed by atoms with Crippen molar-refractivity contribution in [3.8, 4) is 0 Å². The van der Waals surface area contributed by atoms with Crippen molar-refractivity contribution >= 4 is 36.2 Å². The average Bonchev–Trinajstić information content (AvgIpc) is 2.64. The summed E-state index contributed by atoms with van der Waals surface area (Å²) in [6.45, 7) is 7.44. The van der Waals surface area contributed by atoms with E-state index in [1.807, 2.05) is 6.08 Å². The molecule has 2 nitrogen and oxygen atoms in total. The van der Waals surface area contributed by atoms with Crippen molar-refractivity contribution in [1.29, 1.82) is 0 Å². The fourth-order valence-electron chi connectivity index (χ4n) is 4.44. The number of unbranched alkanes of at least 4 members (excludes halogenated alkanes) is 7. The number of rotatable bonds is 11. The molecule has 0 saturated carbocycles. The molecule has 0 aliphatic carbocycles. The molecule has 154 valence electrons. The number of hydrogen-bond acceptors (Lipinski definition) is 2.